The van der Waals surface area contributed by atoms with E-state index >= 15 is 0 Å². The molecule has 9 rings (SSSR count). The number of para-hydroxylation sites is 2. The highest BCUT2D eigenvalue weighted by Gasteiger charge is 2.51. The van der Waals surface area contributed by atoms with Crippen LogP contribution >= 0.6 is 22.9 Å². The van der Waals surface area contributed by atoms with E-state index in [4.69, 9.17) is 21.3 Å². The summed E-state index contributed by atoms with van der Waals surface area (Å²) in [5, 5.41) is 1.36. The Balaban J connectivity index is 1.40. The molecule has 2 aliphatic rings. The topological polar surface area (TPSA) is 35.0 Å². The summed E-state index contributed by atoms with van der Waals surface area (Å²) in [5.74, 6) is 1.76. The average Bonchev–Trinajstić information content (AvgIpc) is 3.51. The normalized spacial score (nSPS) is 14.0. The quantitative estimate of drug-likeness (QED) is 0.191. The highest BCUT2D eigenvalue weighted by atomic mass is 35.5. The van der Waals surface area contributed by atoms with Crippen molar-refractivity contribution in [2.45, 2.75) is 5.41 Å². The van der Waals surface area contributed by atoms with Crippen molar-refractivity contribution in [1.29, 1.82) is 0 Å². The summed E-state index contributed by atoms with van der Waals surface area (Å²) in [4.78, 5) is 9.45. The van der Waals surface area contributed by atoms with E-state index in [1.54, 1.807) is 11.3 Å². The first kappa shape index (κ1) is 22.3. The second-order valence-corrected chi connectivity index (χ2v) is 11.7. The molecule has 2 aromatic heterocycles. The van der Waals surface area contributed by atoms with Crippen LogP contribution in [0.15, 0.2) is 115 Å². The molecule has 7 aromatic rings. The lowest BCUT2D eigenvalue weighted by atomic mass is 9.66. The molecule has 3 heterocycles. The zero-order valence-electron chi connectivity index (χ0n) is 21.1. The minimum absolute atomic E-state index is 0.256. The smallest absolute Gasteiger partial charge is 0.223 e. The van der Waals surface area contributed by atoms with E-state index in [1.165, 1.54) is 27.0 Å². The van der Waals surface area contributed by atoms with Crippen LogP contribution in [-0.2, 0) is 5.41 Å². The van der Waals surface area contributed by atoms with Crippen molar-refractivity contribution in [2.75, 3.05) is 0 Å². The Bertz CT molecular complexity index is 2140. The second-order valence-electron chi connectivity index (χ2n) is 10.3. The van der Waals surface area contributed by atoms with Gasteiger partial charge in [0.15, 0.2) is 0 Å². The van der Waals surface area contributed by atoms with Crippen LogP contribution in [0, 0.1) is 0 Å². The first-order chi connectivity index (χ1) is 19.7. The van der Waals surface area contributed by atoms with Crippen LogP contribution in [0.3, 0.4) is 0 Å². The third-order valence-electron chi connectivity index (χ3n) is 8.31. The predicted octanol–water partition coefficient (Wildman–Crippen LogP) is 9.63. The third-order valence-corrected chi connectivity index (χ3v) is 9.65. The summed E-state index contributed by atoms with van der Waals surface area (Å²) < 4.78 is 8.70. The van der Waals surface area contributed by atoms with Gasteiger partial charge in [-0.1, -0.05) is 91.0 Å². The van der Waals surface area contributed by atoms with E-state index in [0.29, 0.717) is 0 Å². The maximum absolute atomic E-state index is 6.56. The highest BCUT2D eigenvalue weighted by Crippen LogP contribution is 2.62. The van der Waals surface area contributed by atoms with E-state index in [1.807, 2.05) is 18.2 Å². The lowest BCUT2D eigenvalue weighted by Gasteiger charge is -2.39. The van der Waals surface area contributed by atoms with Crippen molar-refractivity contribution in [3.8, 4) is 33.9 Å². The Morgan fingerprint density at radius 2 is 1.27 bits per heavy atom. The number of aromatic nitrogens is 2. The van der Waals surface area contributed by atoms with Gasteiger partial charge in [-0.25, -0.2) is 9.97 Å². The summed E-state index contributed by atoms with van der Waals surface area (Å²) in [5.41, 5.74) is 9.49. The first-order valence-electron chi connectivity index (χ1n) is 13.2. The van der Waals surface area contributed by atoms with Gasteiger partial charge in [0.1, 0.15) is 11.5 Å². The monoisotopic (exact) mass is 550 g/mol. The fraction of sp³-hybridized carbons (Fsp3) is 0.0286. The molecule has 0 saturated carbocycles. The number of hydrogen-bond donors (Lipinski definition) is 0. The molecule has 1 aliphatic heterocycles. The van der Waals surface area contributed by atoms with Crippen molar-refractivity contribution >= 4 is 43.2 Å². The van der Waals surface area contributed by atoms with Crippen LogP contribution in [0.25, 0.3) is 42.7 Å². The fourth-order valence-electron chi connectivity index (χ4n) is 6.76. The maximum atomic E-state index is 6.56. The van der Waals surface area contributed by atoms with Gasteiger partial charge in [0.25, 0.3) is 0 Å². The average molecular weight is 551 g/mol. The summed E-state index contributed by atoms with van der Waals surface area (Å²) in [6, 6.07) is 40.7. The van der Waals surface area contributed by atoms with Crippen LogP contribution in [-0.4, -0.2) is 9.97 Å². The van der Waals surface area contributed by atoms with Gasteiger partial charge < -0.3 is 4.74 Å². The Kier molecular flexibility index (Phi) is 4.47. The summed E-state index contributed by atoms with van der Waals surface area (Å²) >= 11 is 8.28. The fourth-order valence-corrected chi connectivity index (χ4v) is 8.08. The molecule has 0 radical (unpaired) electrons. The molecule has 0 bridgehead atoms. The van der Waals surface area contributed by atoms with Crippen molar-refractivity contribution in [3.63, 3.8) is 0 Å². The summed E-state index contributed by atoms with van der Waals surface area (Å²) in [7, 11) is 0. The van der Waals surface area contributed by atoms with Gasteiger partial charge in [-0.15, -0.1) is 11.3 Å². The van der Waals surface area contributed by atoms with Gasteiger partial charge in [0, 0.05) is 26.8 Å². The molecular formula is C35H19ClN2OS. The lowest BCUT2D eigenvalue weighted by molar-refractivity contribution is 0.436. The van der Waals surface area contributed by atoms with Crippen LogP contribution in [0.1, 0.15) is 22.3 Å². The van der Waals surface area contributed by atoms with E-state index in [0.717, 1.165) is 49.5 Å². The number of thiophene rings is 1. The van der Waals surface area contributed by atoms with Crippen molar-refractivity contribution in [1.82, 2.24) is 9.97 Å². The minimum atomic E-state index is -0.524. The zero-order valence-corrected chi connectivity index (χ0v) is 22.6. The number of nitrogens with zero attached hydrogens (tertiary/aromatic N) is 2. The van der Waals surface area contributed by atoms with Crippen LogP contribution in [0.5, 0.6) is 11.5 Å². The van der Waals surface area contributed by atoms with Crippen LogP contribution in [0.4, 0.5) is 0 Å². The maximum Gasteiger partial charge on any atom is 0.223 e. The Morgan fingerprint density at radius 1 is 0.625 bits per heavy atom. The number of fused-ring (bicyclic) bond motifs is 12. The SMILES string of the molecule is Clc1nc(-c2ccc3c(c2)C2(c4ccccc4Oc4ccccc42)c2ccccc2-3)c2sc3ccccc3c2n1. The molecule has 1 aliphatic carbocycles. The summed E-state index contributed by atoms with van der Waals surface area (Å²) in [6.07, 6.45) is 0. The largest absolute Gasteiger partial charge is 0.457 e. The zero-order chi connectivity index (χ0) is 26.4. The van der Waals surface area contributed by atoms with Gasteiger partial charge >= 0.3 is 0 Å². The van der Waals surface area contributed by atoms with Gasteiger partial charge in [0.05, 0.1) is 21.3 Å². The molecule has 5 aromatic carbocycles. The number of rotatable bonds is 1. The Labute approximate surface area is 239 Å². The Hall–Kier alpha value is -4.51. The predicted molar refractivity (Wildman–Crippen MR) is 163 cm³/mol. The van der Waals surface area contributed by atoms with Crippen LogP contribution in [0.2, 0.25) is 5.28 Å². The lowest BCUT2D eigenvalue weighted by Crippen LogP contribution is -2.32. The molecule has 1 spiro atoms. The molecule has 5 heteroatoms. The van der Waals surface area contributed by atoms with E-state index < -0.39 is 5.41 Å². The second kappa shape index (κ2) is 8.01. The van der Waals surface area contributed by atoms with Gasteiger partial charge in [0.2, 0.25) is 5.28 Å². The van der Waals surface area contributed by atoms with Crippen molar-refractivity contribution < 1.29 is 4.74 Å². The van der Waals surface area contributed by atoms with E-state index in [9.17, 15) is 0 Å². The van der Waals surface area contributed by atoms with E-state index in [-0.39, 0.29) is 5.28 Å². The van der Waals surface area contributed by atoms with Gasteiger partial charge in [-0.05, 0) is 58.1 Å². The van der Waals surface area contributed by atoms with Crippen LogP contribution < -0.4 is 4.74 Å². The third kappa shape index (κ3) is 2.79. The molecule has 0 N–H and O–H groups in total. The molecule has 40 heavy (non-hydrogen) atoms. The molecule has 0 amide bonds. The van der Waals surface area contributed by atoms with E-state index in [2.05, 4.69) is 102 Å². The van der Waals surface area contributed by atoms with Crippen molar-refractivity contribution in [2.24, 2.45) is 0 Å². The van der Waals surface area contributed by atoms with Gasteiger partial charge in [-0.2, -0.15) is 0 Å². The molecular weight excluding hydrogens is 532 g/mol. The standard InChI is InChI=1S/C35H19ClN2OS/c36-34-37-31(33-32(38-34)23-10-2-8-16-30(23)40-33)20-17-18-22-21-9-1-3-11-24(21)35(27(22)19-20)25-12-4-6-14-28(25)39-29-15-7-5-13-26(29)35/h1-19H. The Morgan fingerprint density at radius 3 is 2.08 bits per heavy atom. The number of hydrogen-bond acceptors (Lipinski definition) is 4. The first-order valence-corrected chi connectivity index (χ1v) is 14.4. The summed E-state index contributed by atoms with van der Waals surface area (Å²) in [6.45, 7) is 0. The molecule has 0 fully saturated rings. The molecule has 0 unspecified atom stereocenters. The molecule has 0 atom stereocenters. The molecule has 3 nitrogen and oxygen atoms in total. The molecule has 188 valence electrons. The highest BCUT2D eigenvalue weighted by molar-refractivity contribution is 7.26. The minimum Gasteiger partial charge on any atom is -0.457 e. The molecule has 0 saturated heterocycles. The van der Waals surface area contributed by atoms with Gasteiger partial charge in [-0.3, -0.25) is 0 Å². The number of benzene rings is 5. The van der Waals surface area contributed by atoms with Crippen molar-refractivity contribution in [3.05, 3.63) is 143 Å². The number of halogens is 1. The number of ether oxygens (including phenoxy) is 1.